The molecule has 3 N–H and O–H groups in total. The van der Waals surface area contributed by atoms with Gasteiger partial charge in [-0.3, -0.25) is 5.43 Å². The fourth-order valence-corrected chi connectivity index (χ4v) is 1.44. The quantitative estimate of drug-likeness (QED) is 0.639. The number of anilines is 1. The maximum Gasteiger partial charge on any atom is 0.330 e. The first-order chi connectivity index (χ1) is 9.22. The number of hydrazine groups is 1. The molecule has 19 heavy (non-hydrogen) atoms. The fraction of sp³-hybridized carbons (Fsp3) is 0.182. The third-order valence-electron chi connectivity index (χ3n) is 2.03. The summed E-state index contributed by atoms with van der Waals surface area (Å²) in [6.45, 7) is 2.23. The molecule has 2 rings (SSSR count). The molecule has 0 spiro atoms. The second-order valence-corrected chi connectivity index (χ2v) is 3.74. The van der Waals surface area contributed by atoms with Gasteiger partial charge in [-0.15, -0.1) is 4.98 Å². The molecule has 0 aliphatic heterocycles. The maximum absolute atomic E-state index is 5.98. The summed E-state index contributed by atoms with van der Waals surface area (Å²) in [6, 6.07) is 7.13. The Balaban J connectivity index is 2.29. The van der Waals surface area contributed by atoms with E-state index in [9.17, 15) is 0 Å². The van der Waals surface area contributed by atoms with E-state index in [0.717, 1.165) is 0 Å². The molecule has 8 heteroatoms. The maximum atomic E-state index is 5.98. The van der Waals surface area contributed by atoms with Crippen molar-refractivity contribution in [3.63, 3.8) is 0 Å². The molecule has 0 bridgehead atoms. The van der Waals surface area contributed by atoms with E-state index in [2.05, 4.69) is 20.4 Å². The summed E-state index contributed by atoms with van der Waals surface area (Å²) in [5.74, 6) is 5.84. The topological polar surface area (TPSA) is 95.2 Å². The van der Waals surface area contributed by atoms with Gasteiger partial charge in [0.25, 0.3) is 0 Å². The predicted octanol–water partition coefficient (Wildman–Crippen LogP) is 2.00. The Morgan fingerprint density at radius 2 is 1.95 bits per heavy atom. The molecule has 0 saturated heterocycles. The normalized spacial score (nSPS) is 10.1. The van der Waals surface area contributed by atoms with E-state index in [1.807, 2.05) is 6.92 Å². The zero-order chi connectivity index (χ0) is 13.7. The van der Waals surface area contributed by atoms with Crippen LogP contribution in [-0.2, 0) is 0 Å². The number of ether oxygens (including phenoxy) is 2. The average molecular weight is 282 g/mol. The summed E-state index contributed by atoms with van der Waals surface area (Å²) in [7, 11) is 0. The van der Waals surface area contributed by atoms with Gasteiger partial charge in [-0.2, -0.15) is 9.97 Å². The van der Waals surface area contributed by atoms with Crippen LogP contribution < -0.4 is 20.7 Å². The van der Waals surface area contributed by atoms with Crippen molar-refractivity contribution < 1.29 is 9.47 Å². The van der Waals surface area contributed by atoms with Gasteiger partial charge < -0.3 is 9.47 Å². The first-order valence-electron chi connectivity index (χ1n) is 5.50. The molecule has 0 aliphatic carbocycles. The molecule has 0 saturated carbocycles. The molecule has 0 fully saturated rings. The zero-order valence-electron chi connectivity index (χ0n) is 10.1. The Hall–Kier alpha value is -2.12. The van der Waals surface area contributed by atoms with Crippen molar-refractivity contribution in [3.8, 4) is 17.8 Å². The van der Waals surface area contributed by atoms with Crippen LogP contribution in [0.2, 0.25) is 5.02 Å². The number of para-hydroxylation sites is 1. The van der Waals surface area contributed by atoms with Crippen LogP contribution in [0.25, 0.3) is 0 Å². The van der Waals surface area contributed by atoms with Gasteiger partial charge in [0.2, 0.25) is 5.95 Å². The summed E-state index contributed by atoms with van der Waals surface area (Å²) in [6.07, 6.45) is 0. The molecule has 2 aromatic rings. The highest BCUT2D eigenvalue weighted by atomic mass is 35.5. The minimum Gasteiger partial charge on any atom is -0.464 e. The highest BCUT2D eigenvalue weighted by molar-refractivity contribution is 6.32. The van der Waals surface area contributed by atoms with Gasteiger partial charge in [0.15, 0.2) is 0 Å². The molecule has 0 radical (unpaired) electrons. The number of rotatable bonds is 5. The summed E-state index contributed by atoms with van der Waals surface area (Å²) in [4.78, 5) is 11.9. The van der Waals surface area contributed by atoms with Crippen molar-refractivity contribution in [2.45, 2.75) is 6.92 Å². The molecule has 0 unspecified atom stereocenters. The number of nitrogens with one attached hydrogen (secondary N) is 1. The molecule has 1 aromatic heterocycles. The van der Waals surface area contributed by atoms with Crippen molar-refractivity contribution in [2.24, 2.45) is 5.84 Å². The van der Waals surface area contributed by atoms with E-state index >= 15 is 0 Å². The second kappa shape index (κ2) is 6.17. The first-order valence-corrected chi connectivity index (χ1v) is 5.88. The number of aromatic nitrogens is 3. The third-order valence-corrected chi connectivity index (χ3v) is 2.35. The van der Waals surface area contributed by atoms with E-state index in [1.54, 1.807) is 24.3 Å². The second-order valence-electron chi connectivity index (χ2n) is 3.33. The zero-order valence-corrected chi connectivity index (χ0v) is 10.9. The Bertz CT molecular complexity index is 567. The van der Waals surface area contributed by atoms with Crippen LogP contribution in [0.4, 0.5) is 5.95 Å². The monoisotopic (exact) mass is 281 g/mol. The molecule has 7 nitrogen and oxygen atoms in total. The smallest absolute Gasteiger partial charge is 0.330 e. The lowest BCUT2D eigenvalue weighted by Gasteiger charge is -2.08. The van der Waals surface area contributed by atoms with E-state index in [0.29, 0.717) is 17.4 Å². The number of nitrogens with two attached hydrogens (primary N) is 1. The molecule has 0 amide bonds. The molecule has 0 aliphatic rings. The van der Waals surface area contributed by atoms with Crippen LogP contribution in [0.15, 0.2) is 24.3 Å². The molecule has 1 heterocycles. The van der Waals surface area contributed by atoms with Gasteiger partial charge in [0.1, 0.15) is 5.75 Å². The minimum absolute atomic E-state index is 0.0412. The van der Waals surface area contributed by atoms with E-state index in [-0.39, 0.29) is 18.0 Å². The lowest BCUT2D eigenvalue weighted by Crippen LogP contribution is -2.12. The van der Waals surface area contributed by atoms with Crippen molar-refractivity contribution in [3.05, 3.63) is 29.3 Å². The number of hydrogen-bond donors (Lipinski definition) is 2. The standard InChI is InChI=1S/C11H12ClN5O2/c1-2-18-10-14-9(17-13)15-11(16-10)19-8-6-4-3-5-7(8)12/h3-6H,2,13H2,1H3,(H,14,15,16,17). The van der Waals surface area contributed by atoms with E-state index in [1.165, 1.54) is 0 Å². The average Bonchev–Trinajstić information content (AvgIpc) is 2.41. The van der Waals surface area contributed by atoms with Crippen LogP contribution in [0.1, 0.15) is 6.92 Å². The van der Waals surface area contributed by atoms with Crippen molar-refractivity contribution >= 4 is 17.5 Å². The van der Waals surface area contributed by atoms with Gasteiger partial charge in [0.05, 0.1) is 11.6 Å². The summed E-state index contributed by atoms with van der Waals surface area (Å²) < 4.78 is 10.7. The molecular formula is C11H12ClN5O2. The predicted molar refractivity (Wildman–Crippen MR) is 70.3 cm³/mol. The lowest BCUT2D eigenvalue weighted by atomic mass is 10.3. The van der Waals surface area contributed by atoms with Gasteiger partial charge in [-0.05, 0) is 19.1 Å². The number of nitrogens with zero attached hydrogens (tertiary/aromatic N) is 3. The van der Waals surface area contributed by atoms with Crippen LogP contribution >= 0.6 is 11.6 Å². The van der Waals surface area contributed by atoms with Crippen LogP contribution in [0, 0.1) is 0 Å². The Labute approximate surface area is 114 Å². The Kier molecular flexibility index (Phi) is 4.32. The molecule has 100 valence electrons. The third kappa shape index (κ3) is 3.43. The molecule has 1 aromatic carbocycles. The Morgan fingerprint density at radius 1 is 1.21 bits per heavy atom. The number of benzene rings is 1. The van der Waals surface area contributed by atoms with Gasteiger partial charge in [-0.25, -0.2) is 5.84 Å². The number of hydrogen-bond acceptors (Lipinski definition) is 7. The summed E-state index contributed by atoms with van der Waals surface area (Å²) >= 11 is 5.98. The van der Waals surface area contributed by atoms with Gasteiger partial charge in [0, 0.05) is 0 Å². The summed E-state index contributed by atoms with van der Waals surface area (Å²) in [5.41, 5.74) is 2.31. The SMILES string of the molecule is CCOc1nc(NN)nc(Oc2ccccc2Cl)n1. The van der Waals surface area contributed by atoms with Crippen molar-refractivity contribution in [1.29, 1.82) is 0 Å². The van der Waals surface area contributed by atoms with Crippen molar-refractivity contribution in [2.75, 3.05) is 12.0 Å². The summed E-state index contributed by atoms with van der Waals surface area (Å²) in [5, 5.41) is 0.447. The van der Waals surface area contributed by atoms with Gasteiger partial charge >= 0.3 is 12.0 Å². The van der Waals surface area contributed by atoms with Crippen molar-refractivity contribution in [1.82, 2.24) is 15.0 Å². The van der Waals surface area contributed by atoms with Crippen LogP contribution in [-0.4, -0.2) is 21.6 Å². The first kappa shape index (κ1) is 13.3. The highest BCUT2D eigenvalue weighted by Gasteiger charge is 2.10. The van der Waals surface area contributed by atoms with Crippen LogP contribution in [0.3, 0.4) is 0 Å². The van der Waals surface area contributed by atoms with Crippen LogP contribution in [0.5, 0.6) is 17.8 Å². The molecule has 0 atom stereocenters. The molecular weight excluding hydrogens is 270 g/mol. The largest absolute Gasteiger partial charge is 0.464 e. The number of nitrogen functional groups attached to an aromatic ring is 1. The Morgan fingerprint density at radius 3 is 2.63 bits per heavy atom. The van der Waals surface area contributed by atoms with E-state index < -0.39 is 0 Å². The van der Waals surface area contributed by atoms with E-state index in [4.69, 9.17) is 26.9 Å². The number of halogens is 1. The van der Waals surface area contributed by atoms with Gasteiger partial charge in [-0.1, -0.05) is 23.7 Å². The highest BCUT2D eigenvalue weighted by Crippen LogP contribution is 2.27. The lowest BCUT2D eigenvalue weighted by molar-refractivity contribution is 0.304. The fourth-order valence-electron chi connectivity index (χ4n) is 1.27. The minimum atomic E-state index is 0.0412.